The zero-order chi connectivity index (χ0) is 19.4. The van der Waals surface area contributed by atoms with E-state index >= 15 is 0 Å². The maximum Gasteiger partial charge on any atom is 0.239 e. The monoisotopic (exact) mass is 400 g/mol. The zero-order valence-electron chi connectivity index (χ0n) is 15.3. The number of nitrogens with one attached hydrogen (secondary N) is 1. The quantitative estimate of drug-likeness (QED) is 0.481. The molecule has 1 N–H and O–H groups in total. The van der Waals surface area contributed by atoms with Crippen LogP contribution in [-0.2, 0) is 11.3 Å². The average Bonchev–Trinajstić information content (AvgIpc) is 3.22. The van der Waals surface area contributed by atoms with Crippen molar-refractivity contribution in [3.05, 3.63) is 47.5 Å². The summed E-state index contributed by atoms with van der Waals surface area (Å²) < 4.78 is 1.97. The SMILES string of the molecule is C=CCn1c(SC(C)C(=O)Nc2nnc(C)s2)nnc1-c1ccccc1C. The van der Waals surface area contributed by atoms with Crippen molar-refractivity contribution in [1.82, 2.24) is 25.0 Å². The molecule has 27 heavy (non-hydrogen) atoms. The molecule has 140 valence electrons. The second-order valence-electron chi connectivity index (χ2n) is 5.90. The summed E-state index contributed by atoms with van der Waals surface area (Å²) in [6, 6.07) is 8.02. The summed E-state index contributed by atoms with van der Waals surface area (Å²) in [4.78, 5) is 12.5. The summed E-state index contributed by atoms with van der Waals surface area (Å²) in [5, 5.41) is 20.9. The summed E-state index contributed by atoms with van der Waals surface area (Å²) in [7, 11) is 0. The number of nitrogens with zero attached hydrogens (tertiary/aromatic N) is 5. The molecule has 0 bridgehead atoms. The Balaban J connectivity index is 1.81. The molecule has 3 rings (SSSR count). The number of allylic oxidation sites excluding steroid dienone is 1. The Morgan fingerprint density at radius 1 is 1.30 bits per heavy atom. The van der Waals surface area contributed by atoms with Crippen molar-refractivity contribution in [2.75, 3.05) is 5.32 Å². The molecule has 2 heterocycles. The molecule has 9 heteroatoms. The number of benzene rings is 1. The van der Waals surface area contributed by atoms with Gasteiger partial charge in [0.25, 0.3) is 0 Å². The lowest BCUT2D eigenvalue weighted by Gasteiger charge is -2.12. The van der Waals surface area contributed by atoms with E-state index in [1.807, 2.05) is 49.6 Å². The molecule has 0 spiro atoms. The maximum absolute atomic E-state index is 12.5. The molecule has 2 aromatic heterocycles. The predicted octanol–water partition coefficient (Wildman–Crippen LogP) is 3.72. The van der Waals surface area contributed by atoms with Crippen LogP contribution in [0.2, 0.25) is 0 Å². The van der Waals surface area contributed by atoms with E-state index in [1.54, 1.807) is 6.08 Å². The van der Waals surface area contributed by atoms with E-state index in [0.29, 0.717) is 16.8 Å². The average molecular weight is 401 g/mol. The molecule has 7 nitrogen and oxygen atoms in total. The predicted molar refractivity (Wildman–Crippen MR) is 109 cm³/mol. The molecule has 1 aromatic carbocycles. The summed E-state index contributed by atoms with van der Waals surface area (Å²) in [5.74, 6) is 0.615. The first-order valence-corrected chi connectivity index (χ1v) is 10.1. The van der Waals surface area contributed by atoms with Crippen molar-refractivity contribution in [2.24, 2.45) is 0 Å². The van der Waals surface area contributed by atoms with E-state index in [1.165, 1.54) is 23.1 Å². The summed E-state index contributed by atoms with van der Waals surface area (Å²) in [6.07, 6.45) is 1.80. The highest BCUT2D eigenvalue weighted by atomic mass is 32.2. The van der Waals surface area contributed by atoms with Crippen LogP contribution in [0.4, 0.5) is 5.13 Å². The van der Waals surface area contributed by atoms with E-state index in [4.69, 9.17) is 0 Å². The first-order valence-electron chi connectivity index (χ1n) is 8.37. The zero-order valence-corrected chi connectivity index (χ0v) is 17.0. The van der Waals surface area contributed by atoms with Crippen molar-refractivity contribution >= 4 is 34.1 Å². The number of hydrogen-bond donors (Lipinski definition) is 1. The molecule has 1 atom stereocenters. The highest BCUT2D eigenvalue weighted by molar-refractivity contribution is 8.00. The Labute approximate surface area is 165 Å². The van der Waals surface area contributed by atoms with Crippen molar-refractivity contribution in [3.63, 3.8) is 0 Å². The number of aromatic nitrogens is 5. The van der Waals surface area contributed by atoms with Crippen LogP contribution in [0.15, 0.2) is 42.1 Å². The molecule has 0 radical (unpaired) electrons. The van der Waals surface area contributed by atoms with Gasteiger partial charge in [-0.25, -0.2) is 0 Å². The third kappa shape index (κ3) is 4.42. The number of thioether (sulfide) groups is 1. The first-order chi connectivity index (χ1) is 13.0. The number of hydrogen-bond acceptors (Lipinski definition) is 7. The third-order valence-corrected chi connectivity index (χ3v) is 5.66. The van der Waals surface area contributed by atoms with Gasteiger partial charge in [0, 0.05) is 12.1 Å². The molecule has 1 amide bonds. The number of carbonyl (C=O) groups excluding carboxylic acids is 1. The van der Waals surface area contributed by atoms with Gasteiger partial charge in [0.05, 0.1) is 5.25 Å². The van der Waals surface area contributed by atoms with Gasteiger partial charge in [-0.2, -0.15) is 0 Å². The van der Waals surface area contributed by atoms with Crippen LogP contribution in [0.3, 0.4) is 0 Å². The maximum atomic E-state index is 12.5. The molecular formula is C18H20N6OS2. The highest BCUT2D eigenvalue weighted by Gasteiger charge is 2.21. The molecular weight excluding hydrogens is 380 g/mol. The lowest BCUT2D eigenvalue weighted by molar-refractivity contribution is -0.115. The van der Waals surface area contributed by atoms with E-state index < -0.39 is 0 Å². The fraction of sp³-hybridized carbons (Fsp3) is 0.278. The molecule has 3 aromatic rings. The van der Waals surface area contributed by atoms with Crippen LogP contribution < -0.4 is 5.32 Å². The normalized spacial score (nSPS) is 12.0. The van der Waals surface area contributed by atoms with Crippen molar-refractivity contribution < 1.29 is 4.79 Å². The van der Waals surface area contributed by atoms with Gasteiger partial charge in [0.1, 0.15) is 5.01 Å². The molecule has 0 aliphatic rings. The summed E-state index contributed by atoms with van der Waals surface area (Å²) in [6.45, 7) is 10.1. The van der Waals surface area contributed by atoms with Crippen molar-refractivity contribution in [3.8, 4) is 11.4 Å². The van der Waals surface area contributed by atoms with E-state index in [0.717, 1.165) is 22.0 Å². The molecule has 1 unspecified atom stereocenters. The summed E-state index contributed by atoms with van der Waals surface area (Å²) >= 11 is 2.70. The van der Waals surface area contributed by atoms with Gasteiger partial charge in [0.2, 0.25) is 11.0 Å². The van der Waals surface area contributed by atoms with E-state index in [9.17, 15) is 4.79 Å². The Hall–Kier alpha value is -2.52. The number of anilines is 1. The molecule has 0 aliphatic carbocycles. The van der Waals surface area contributed by atoms with Gasteiger partial charge >= 0.3 is 0 Å². The van der Waals surface area contributed by atoms with E-state index in [2.05, 4.69) is 32.3 Å². The van der Waals surface area contributed by atoms with Gasteiger partial charge in [-0.15, -0.1) is 27.0 Å². The van der Waals surface area contributed by atoms with Crippen molar-refractivity contribution in [2.45, 2.75) is 37.7 Å². The third-order valence-electron chi connectivity index (χ3n) is 3.82. The Morgan fingerprint density at radius 2 is 2.07 bits per heavy atom. The molecule has 0 saturated heterocycles. The van der Waals surface area contributed by atoms with E-state index in [-0.39, 0.29) is 11.2 Å². The highest BCUT2D eigenvalue weighted by Crippen LogP contribution is 2.29. The number of carbonyl (C=O) groups is 1. The minimum absolute atomic E-state index is 0.151. The smallest absolute Gasteiger partial charge is 0.239 e. The fourth-order valence-electron chi connectivity index (χ4n) is 2.46. The van der Waals surface area contributed by atoms with Crippen LogP contribution in [0.25, 0.3) is 11.4 Å². The van der Waals surface area contributed by atoms with Crippen LogP contribution in [0.1, 0.15) is 17.5 Å². The largest absolute Gasteiger partial charge is 0.300 e. The van der Waals surface area contributed by atoms with Gasteiger partial charge in [-0.3, -0.25) is 14.7 Å². The van der Waals surface area contributed by atoms with Crippen LogP contribution >= 0.6 is 23.1 Å². The molecule has 0 saturated carbocycles. The van der Waals surface area contributed by atoms with Crippen LogP contribution in [0.5, 0.6) is 0 Å². The lowest BCUT2D eigenvalue weighted by Crippen LogP contribution is -2.22. The van der Waals surface area contributed by atoms with Gasteiger partial charge < -0.3 is 0 Å². The standard InChI is InChI=1S/C18H20N6OS2/c1-5-10-24-15(14-9-7-6-8-11(14)2)21-23-18(24)26-12(3)16(25)19-17-22-20-13(4)27-17/h5-9,12H,1,10H2,2-4H3,(H,19,22,25). The number of amides is 1. The lowest BCUT2D eigenvalue weighted by atomic mass is 10.1. The van der Waals surface area contributed by atoms with Gasteiger partial charge in [-0.05, 0) is 26.3 Å². The Morgan fingerprint density at radius 3 is 2.74 bits per heavy atom. The minimum Gasteiger partial charge on any atom is -0.300 e. The van der Waals surface area contributed by atoms with Crippen LogP contribution in [0, 0.1) is 13.8 Å². The van der Waals surface area contributed by atoms with Gasteiger partial charge in [-0.1, -0.05) is 53.4 Å². The van der Waals surface area contributed by atoms with Crippen LogP contribution in [-0.4, -0.2) is 36.1 Å². The number of aryl methyl sites for hydroxylation is 2. The Kier molecular flexibility index (Phi) is 6.02. The second kappa shape index (κ2) is 8.45. The molecule has 0 fully saturated rings. The van der Waals surface area contributed by atoms with Gasteiger partial charge in [0.15, 0.2) is 11.0 Å². The Bertz CT molecular complexity index is 964. The number of rotatable bonds is 7. The summed E-state index contributed by atoms with van der Waals surface area (Å²) in [5.41, 5.74) is 2.13. The minimum atomic E-state index is -0.369. The topological polar surface area (TPSA) is 85.6 Å². The first kappa shape index (κ1) is 19.2. The second-order valence-corrected chi connectivity index (χ2v) is 8.39. The fourth-order valence-corrected chi connectivity index (χ4v) is 3.91. The molecule has 0 aliphatic heterocycles. The van der Waals surface area contributed by atoms with Crippen molar-refractivity contribution in [1.29, 1.82) is 0 Å².